The normalized spacial score (nSPS) is 15.2. The molecule has 0 saturated heterocycles. The first-order valence-electron chi connectivity index (χ1n) is 9.28. The molecular formula is C24H23NSi. The van der Waals surface area contributed by atoms with Gasteiger partial charge in [-0.2, -0.15) is 0 Å². The molecule has 0 spiro atoms. The molecule has 0 saturated carbocycles. The van der Waals surface area contributed by atoms with Gasteiger partial charge in [0.2, 0.25) is 0 Å². The predicted molar refractivity (Wildman–Crippen MR) is 117 cm³/mol. The van der Waals surface area contributed by atoms with Crippen LogP contribution in [0.25, 0.3) is 21.5 Å². The molecule has 0 atom stereocenters. The molecule has 0 N–H and O–H groups in total. The summed E-state index contributed by atoms with van der Waals surface area (Å²) in [7, 11) is 0.432. The summed E-state index contributed by atoms with van der Waals surface area (Å²) < 4.78 is 0. The molecule has 0 aromatic heterocycles. The second kappa shape index (κ2) is 5.21. The zero-order valence-corrected chi connectivity index (χ0v) is 16.8. The standard InChI is InChI=1S/C24H23NSi/c1-16-20-12-8-7-11-19(20)14-22-24(16)26(3,4)23-15-18-10-6-5-9-17(18)13-21(23)25(22)2/h5-15H,1-4H3. The Balaban J connectivity index is 1.90. The maximum absolute atomic E-state index is 2.51. The summed E-state index contributed by atoms with van der Waals surface area (Å²) >= 11 is 0. The van der Waals surface area contributed by atoms with Crippen molar-refractivity contribution in [3.05, 3.63) is 72.3 Å². The topological polar surface area (TPSA) is 3.24 Å². The first-order valence-corrected chi connectivity index (χ1v) is 12.3. The van der Waals surface area contributed by atoms with Crippen LogP contribution in [0.5, 0.6) is 0 Å². The zero-order chi connectivity index (χ0) is 18.1. The molecule has 2 heteroatoms. The van der Waals surface area contributed by atoms with Crippen LogP contribution in [-0.2, 0) is 0 Å². The Labute approximate surface area is 155 Å². The third-order valence-corrected chi connectivity index (χ3v) is 9.80. The highest BCUT2D eigenvalue weighted by atomic mass is 28.3. The van der Waals surface area contributed by atoms with Crippen molar-refractivity contribution >= 4 is 51.4 Å². The third kappa shape index (κ3) is 1.96. The molecule has 1 nitrogen and oxygen atoms in total. The highest BCUT2D eigenvalue weighted by Crippen LogP contribution is 2.36. The SMILES string of the molecule is Cc1c2c(cc3ccccc13)N(C)c1cc3ccccc3cc1[Si]2(C)C. The van der Waals surface area contributed by atoms with E-state index in [2.05, 4.69) is 98.7 Å². The van der Waals surface area contributed by atoms with E-state index in [0.29, 0.717) is 0 Å². The van der Waals surface area contributed by atoms with E-state index in [9.17, 15) is 0 Å². The maximum Gasteiger partial charge on any atom is 0.118 e. The van der Waals surface area contributed by atoms with Gasteiger partial charge in [0.25, 0.3) is 0 Å². The Bertz CT molecular complexity index is 1190. The van der Waals surface area contributed by atoms with Gasteiger partial charge in [0.15, 0.2) is 0 Å². The van der Waals surface area contributed by atoms with E-state index in [1.165, 1.54) is 38.5 Å². The van der Waals surface area contributed by atoms with Crippen LogP contribution in [0.3, 0.4) is 0 Å². The minimum atomic E-state index is -1.79. The van der Waals surface area contributed by atoms with Crippen molar-refractivity contribution < 1.29 is 0 Å². The van der Waals surface area contributed by atoms with Gasteiger partial charge in [-0.1, -0.05) is 67.7 Å². The van der Waals surface area contributed by atoms with Gasteiger partial charge < -0.3 is 4.90 Å². The zero-order valence-electron chi connectivity index (χ0n) is 15.8. The predicted octanol–water partition coefficient (Wildman–Crippen LogP) is 5.21. The van der Waals surface area contributed by atoms with E-state index >= 15 is 0 Å². The molecular weight excluding hydrogens is 330 g/mol. The van der Waals surface area contributed by atoms with Gasteiger partial charge in [-0.3, -0.25) is 0 Å². The summed E-state index contributed by atoms with van der Waals surface area (Å²) in [5.41, 5.74) is 4.23. The molecule has 26 heavy (non-hydrogen) atoms. The van der Waals surface area contributed by atoms with Crippen molar-refractivity contribution in [3.63, 3.8) is 0 Å². The van der Waals surface area contributed by atoms with Crippen LogP contribution >= 0.6 is 0 Å². The average Bonchev–Trinajstić information content (AvgIpc) is 2.65. The molecule has 1 aliphatic heterocycles. The summed E-state index contributed by atoms with van der Waals surface area (Å²) in [5, 5.41) is 8.53. The molecule has 0 amide bonds. The minimum absolute atomic E-state index is 1.32. The Hall–Kier alpha value is -2.58. The van der Waals surface area contributed by atoms with Crippen molar-refractivity contribution in [2.24, 2.45) is 0 Å². The number of rotatable bonds is 0. The van der Waals surface area contributed by atoms with E-state index in [-0.39, 0.29) is 0 Å². The van der Waals surface area contributed by atoms with Gasteiger partial charge in [-0.05, 0) is 56.5 Å². The van der Waals surface area contributed by atoms with E-state index in [0.717, 1.165) is 0 Å². The first-order chi connectivity index (χ1) is 12.5. The Morgan fingerprint density at radius 1 is 0.731 bits per heavy atom. The molecule has 4 aromatic carbocycles. The van der Waals surface area contributed by atoms with Gasteiger partial charge >= 0.3 is 0 Å². The summed E-state index contributed by atoms with van der Waals surface area (Å²) in [6.07, 6.45) is 0. The van der Waals surface area contributed by atoms with Crippen LogP contribution in [0, 0.1) is 6.92 Å². The number of aryl methyl sites for hydroxylation is 1. The fourth-order valence-electron chi connectivity index (χ4n) is 4.83. The van der Waals surface area contributed by atoms with Gasteiger partial charge in [0.05, 0.1) is 0 Å². The molecule has 0 fully saturated rings. The molecule has 0 bridgehead atoms. The summed E-state index contributed by atoms with van der Waals surface area (Å²) in [5.74, 6) is 0. The van der Waals surface area contributed by atoms with Gasteiger partial charge in [-0.25, -0.2) is 0 Å². The number of benzene rings is 4. The molecule has 0 aliphatic carbocycles. The van der Waals surface area contributed by atoms with E-state index in [4.69, 9.17) is 0 Å². The fraction of sp³-hybridized carbons (Fsp3) is 0.167. The van der Waals surface area contributed by atoms with Crippen molar-refractivity contribution in [2.75, 3.05) is 11.9 Å². The lowest BCUT2D eigenvalue weighted by Gasteiger charge is -2.41. The van der Waals surface area contributed by atoms with Crippen LogP contribution in [0.15, 0.2) is 66.7 Å². The third-order valence-electron chi connectivity index (χ3n) is 6.17. The maximum atomic E-state index is 2.51. The van der Waals surface area contributed by atoms with E-state index < -0.39 is 8.07 Å². The molecule has 128 valence electrons. The minimum Gasteiger partial charge on any atom is -0.345 e. The van der Waals surface area contributed by atoms with Crippen LogP contribution in [0.1, 0.15) is 5.56 Å². The molecule has 4 aromatic rings. The number of nitrogens with zero attached hydrogens (tertiary/aromatic N) is 1. The second-order valence-corrected chi connectivity index (χ2v) is 12.3. The van der Waals surface area contributed by atoms with Gasteiger partial charge in [0, 0.05) is 18.4 Å². The van der Waals surface area contributed by atoms with Crippen LogP contribution < -0.4 is 15.3 Å². The van der Waals surface area contributed by atoms with Crippen LogP contribution in [0.4, 0.5) is 11.4 Å². The van der Waals surface area contributed by atoms with Crippen molar-refractivity contribution in [3.8, 4) is 0 Å². The quantitative estimate of drug-likeness (QED) is 0.393. The Kier molecular flexibility index (Phi) is 3.14. The lowest BCUT2D eigenvalue weighted by molar-refractivity contribution is 1.22. The van der Waals surface area contributed by atoms with Crippen molar-refractivity contribution in [1.82, 2.24) is 0 Å². The van der Waals surface area contributed by atoms with Crippen LogP contribution in [-0.4, -0.2) is 15.1 Å². The number of hydrogen-bond donors (Lipinski definition) is 0. The Morgan fingerprint density at radius 3 is 2.04 bits per heavy atom. The lowest BCUT2D eigenvalue weighted by Crippen LogP contribution is -2.59. The van der Waals surface area contributed by atoms with Gasteiger partial charge in [0.1, 0.15) is 8.07 Å². The molecule has 1 aliphatic rings. The highest BCUT2D eigenvalue weighted by molar-refractivity contribution is 7.03. The molecule has 0 unspecified atom stereocenters. The van der Waals surface area contributed by atoms with E-state index in [1.807, 2.05) is 0 Å². The summed E-state index contributed by atoms with van der Waals surface area (Å²) in [4.78, 5) is 2.41. The second-order valence-electron chi connectivity index (χ2n) is 8.02. The molecule has 5 rings (SSSR count). The van der Waals surface area contributed by atoms with Gasteiger partial charge in [-0.15, -0.1) is 0 Å². The molecule has 0 radical (unpaired) electrons. The number of anilines is 2. The van der Waals surface area contributed by atoms with E-state index in [1.54, 1.807) is 10.4 Å². The summed E-state index contributed by atoms with van der Waals surface area (Å²) in [6.45, 7) is 7.33. The van der Waals surface area contributed by atoms with Crippen molar-refractivity contribution in [1.29, 1.82) is 0 Å². The smallest absolute Gasteiger partial charge is 0.118 e. The molecule has 1 heterocycles. The fourth-order valence-corrected chi connectivity index (χ4v) is 8.45. The number of hydrogen-bond acceptors (Lipinski definition) is 1. The highest BCUT2D eigenvalue weighted by Gasteiger charge is 2.38. The lowest BCUT2D eigenvalue weighted by atomic mass is 10.0. The Morgan fingerprint density at radius 2 is 1.31 bits per heavy atom. The average molecular weight is 354 g/mol. The largest absolute Gasteiger partial charge is 0.345 e. The monoisotopic (exact) mass is 353 g/mol. The van der Waals surface area contributed by atoms with Crippen molar-refractivity contribution in [2.45, 2.75) is 20.0 Å². The first kappa shape index (κ1) is 15.7. The number of fused-ring (bicyclic) bond motifs is 4. The summed E-state index contributed by atoms with van der Waals surface area (Å²) in [6, 6.07) is 24.8. The van der Waals surface area contributed by atoms with Crippen LogP contribution in [0.2, 0.25) is 13.1 Å².